The van der Waals surface area contributed by atoms with E-state index in [0.29, 0.717) is 57.7 Å². The van der Waals surface area contributed by atoms with E-state index in [1.165, 1.54) is 10.4 Å². The number of carbonyl (C=O) groups excluding carboxylic acids is 1. The summed E-state index contributed by atoms with van der Waals surface area (Å²) >= 11 is 0. The largest absolute Gasteiger partial charge is 0.490 e. The molecule has 3 aromatic heterocycles. The van der Waals surface area contributed by atoms with Crippen molar-refractivity contribution in [1.29, 1.82) is 0 Å². The van der Waals surface area contributed by atoms with E-state index in [1.807, 2.05) is 24.6 Å². The minimum absolute atomic E-state index is 0.197. The van der Waals surface area contributed by atoms with Gasteiger partial charge in [-0.15, -0.1) is 0 Å². The Kier molecular flexibility index (Phi) is 9.25. The molecule has 0 radical (unpaired) electrons. The van der Waals surface area contributed by atoms with Crippen LogP contribution in [0.4, 0.5) is 4.39 Å². The summed E-state index contributed by atoms with van der Waals surface area (Å²) in [5.41, 5.74) is 4.54. The zero-order valence-electron chi connectivity index (χ0n) is 29.3. The van der Waals surface area contributed by atoms with Gasteiger partial charge in [-0.2, -0.15) is 4.31 Å². The number of carboxylic acids is 1. The number of aromatic nitrogens is 3. The molecule has 12 nitrogen and oxygen atoms in total. The van der Waals surface area contributed by atoms with Crippen molar-refractivity contribution >= 4 is 32.9 Å². The lowest BCUT2D eigenvalue weighted by Crippen LogP contribution is -2.50. The Labute approximate surface area is 290 Å². The molecule has 0 spiro atoms. The van der Waals surface area contributed by atoms with Crippen LogP contribution >= 0.6 is 0 Å². The Bertz CT molecular complexity index is 2130. The average Bonchev–Trinajstić information content (AvgIpc) is 3.39. The van der Waals surface area contributed by atoms with Crippen molar-refractivity contribution in [2.75, 3.05) is 39.0 Å². The molecule has 266 valence electrons. The highest BCUT2D eigenvalue weighted by molar-refractivity contribution is 7.88. The number of aliphatic carboxylic acids is 1. The minimum atomic E-state index is -3.36. The number of aryl methyl sites for hydroxylation is 2. The van der Waals surface area contributed by atoms with Crippen LogP contribution in [0.15, 0.2) is 30.5 Å². The first-order valence-corrected chi connectivity index (χ1v) is 18.4. The van der Waals surface area contributed by atoms with E-state index in [4.69, 9.17) is 14.5 Å². The molecule has 5 heterocycles. The van der Waals surface area contributed by atoms with E-state index in [2.05, 4.69) is 4.98 Å². The SMILES string of the molecule is Cc1nc2c(cc(-c3ccnc(C(=O)N4CCN(S(C)(=O)=O)CC4)c3)n2C)c(-c2cc(F)c3c(c2C)CCCO3)c1[C@H](OC(C)(C)C)C(=O)O. The van der Waals surface area contributed by atoms with E-state index in [1.54, 1.807) is 50.9 Å². The smallest absolute Gasteiger partial charge is 0.337 e. The third-order valence-corrected chi connectivity index (χ3v) is 10.6. The lowest BCUT2D eigenvalue weighted by atomic mass is 9.86. The standard InChI is InChI=1S/C36H42FN5O7S/c1-20-23-9-8-16-48-31(23)26(37)18-24(20)30-25-19-28(40(6)33(25)39-21(2)29(30)32(35(44)45)49-36(3,4)5)22-10-11-38-27(17-22)34(43)41-12-14-42(15-13-41)50(7,46)47/h10-11,17-19,32H,8-9,12-16H2,1-7H3,(H,44,45)/t32-/m0/s1. The van der Waals surface area contributed by atoms with Crippen LogP contribution in [-0.4, -0.2) is 93.8 Å². The number of ether oxygens (including phenoxy) is 2. The van der Waals surface area contributed by atoms with Gasteiger partial charge in [-0.1, -0.05) is 0 Å². The molecule has 0 unspecified atom stereocenters. The molecule has 2 aliphatic heterocycles. The third-order valence-electron chi connectivity index (χ3n) is 9.34. The summed E-state index contributed by atoms with van der Waals surface area (Å²) in [6.07, 6.45) is 2.63. The van der Waals surface area contributed by atoms with E-state index >= 15 is 4.39 Å². The molecule has 0 bridgehead atoms. The zero-order valence-corrected chi connectivity index (χ0v) is 30.1. The van der Waals surface area contributed by atoms with Crippen LogP contribution in [0.1, 0.15) is 66.2 Å². The quantitative estimate of drug-likeness (QED) is 0.279. The summed E-state index contributed by atoms with van der Waals surface area (Å²) in [6.45, 7) is 10.3. The third kappa shape index (κ3) is 6.59. The second kappa shape index (κ2) is 13.1. The van der Waals surface area contributed by atoms with Gasteiger partial charge in [-0.25, -0.2) is 22.6 Å². The van der Waals surface area contributed by atoms with E-state index in [9.17, 15) is 23.1 Å². The number of halogens is 1. The maximum absolute atomic E-state index is 15.8. The molecule has 1 atom stereocenters. The molecule has 1 aromatic carbocycles. The molecule has 1 N–H and O–H groups in total. The highest BCUT2D eigenvalue weighted by Gasteiger charge is 2.35. The fraction of sp³-hybridized carbons (Fsp3) is 0.444. The van der Waals surface area contributed by atoms with E-state index < -0.39 is 33.5 Å². The Hall–Kier alpha value is -4.40. The highest BCUT2D eigenvalue weighted by atomic mass is 32.2. The lowest BCUT2D eigenvalue weighted by Gasteiger charge is -2.33. The first kappa shape index (κ1) is 35.4. The number of carbonyl (C=O) groups is 2. The molecule has 50 heavy (non-hydrogen) atoms. The number of sulfonamides is 1. The summed E-state index contributed by atoms with van der Waals surface area (Å²) < 4.78 is 54.8. The molecule has 1 saturated heterocycles. The molecule has 2 aliphatic rings. The molecular weight excluding hydrogens is 665 g/mol. The van der Waals surface area contributed by atoms with Gasteiger partial charge >= 0.3 is 5.97 Å². The van der Waals surface area contributed by atoms with Crippen LogP contribution in [0.2, 0.25) is 0 Å². The second-order valence-corrected chi connectivity index (χ2v) is 15.9. The number of nitrogens with zero attached hydrogens (tertiary/aromatic N) is 5. The molecule has 0 saturated carbocycles. The maximum atomic E-state index is 15.8. The Morgan fingerprint density at radius 2 is 1.80 bits per heavy atom. The van der Waals surface area contributed by atoms with Gasteiger partial charge < -0.3 is 24.0 Å². The van der Waals surface area contributed by atoms with Crippen molar-refractivity contribution in [1.82, 2.24) is 23.7 Å². The molecule has 4 aromatic rings. The molecule has 1 fully saturated rings. The second-order valence-electron chi connectivity index (χ2n) is 13.9. The number of carboxylic acid groups (broad SMARTS) is 1. The van der Waals surface area contributed by atoms with Gasteiger partial charge in [-0.05, 0) is 82.9 Å². The van der Waals surface area contributed by atoms with Crippen LogP contribution in [0, 0.1) is 19.7 Å². The zero-order chi connectivity index (χ0) is 36.3. The summed E-state index contributed by atoms with van der Waals surface area (Å²) in [6, 6.07) is 6.73. The van der Waals surface area contributed by atoms with Gasteiger partial charge in [0.05, 0.1) is 24.2 Å². The summed E-state index contributed by atoms with van der Waals surface area (Å²) in [5, 5.41) is 11.1. The van der Waals surface area contributed by atoms with Gasteiger partial charge in [0.2, 0.25) is 10.0 Å². The molecule has 0 aliphatic carbocycles. The molecule has 1 amide bonds. The minimum Gasteiger partial charge on any atom is -0.490 e. The Morgan fingerprint density at radius 3 is 2.44 bits per heavy atom. The maximum Gasteiger partial charge on any atom is 0.337 e. The van der Waals surface area contributed by atoms with Crippen molar-refractivity contribution < 1.29 is 37.0 Å². The van der Waals surface area contributed by atoms with E-state index in [-0.39, 0.29) is 43.5 Å². The number of pyridine rings is 2. The van der Waals surface area contributed by atoms with Crippen LogP contribution in [0.3, 0.4) is 0 Å². The number of hydrogen-bond acceptors (Lipinski definition) is 8. The van der Waals surface area contributed by atoms with Crippen LogP contribution in [0.5, 0.6) is 5.75 Å². The first-order chi connectivity index (χ1) is 23.5. The summed E-state index contributed by atoms with van der Waals surface area (Å²) in [5.74, 6) is -1.82. The average molecular weight is 708 g/mol. The fourth-order valence-electron chi connectivity index (χ4n) is 6.94. The number of amides is 1. The monoisotopic (exact) mass is 707 g/mol. The predicted octanol–water partition coefficient (Wildman–Crippen LogP) is 5.04. The lowest BCUT2D eigenvalue weighted by molar-refractivity contribution is -0.160. The predicted molar refractivity (Wildman–Crippen MR) is 186 cm³/mol. The first-order valence-electron chi connectivity index (χ1n) is 16.5. The molecular formula is C36H42FN5O7S. The van der Waals surface area contributed by atoms with Crippen LogP contribution in [-0.2, 0) is 33.0 Å². The number of hydrogen-bond donors (Lipinski definition) is 1. The highest BCUT2D eigenvalue weighted by Crippen LogP contribution is 2.45. The van der Waals surface area contributed by atoms with Crippen molar-refractivity contribution in [3.63, 3.8) is 0 Å². The van der Waals surface area contributed by atoms with Gasteiger partial charge in [0.15, 0.2) is 17.7 Å². The van der Waals surface area contributed by atoms with Crippen molar-refractivity contribution in [3.8, 4) is 28.1 Å². The molecule has 6 rings (SSSR count). The number of fused-ring (bicyclic) bond motifs is 2. The Morgan fingerprint density at radius 1 is 1.10 bits per heavy atom. The number of benzene rings is 1. The number of rotatable bonds is 7. The summed E-state index contributed by atoms with van der Waals surface area (Å²) in [4.78, 5) is 37.2. The number of piperazine rings is 1. The van der Waals surface area contributed by atoms with Crippen molar-refractivity contribution in [2.24, 2.45) is 7.05 Å². The topological polar surface area (TPSA) is 144 Å². The van der Waals surface area contributed by atoms with Gasteiger partial charge in [-0.3, -0.25) is 9.78 Å². The molecule has 14 heteroatoms. The van der Waals surface area contributed by atoms with Gasteiger partial charge in [0, 0.05) is 72.8 Å². The van der Waals surface area contributed by atoms with Crippen LogP contribution < -0.4 is 4.74 Å². The summed E-state index contributed by atoms with van der Waals surface area (Å²) in [7, 11) is -1.53. The van der Waals surface area contributed by atoms with Gasteiger partial charge in [0.25, 0.3) is 5.91 Å². The normalized spacial score (nSPS) is 16.3. The van der Waals surface area contributed by atoms with Crippen molar-refractivity contribution in [3.05, 3.63) is 64.4 Å². The van der Waals surface area contributed by atoms with Crippen LogP contribution in [0.25, 0.3) is 33.4 Å². The van der Waals surface area contributed by atoms with E-state index in [0.717, 1.165) is 23.8 Å². The van der Waals surface area contributed by atoms with Gasteiger partial charge in [0.1, 0.15) is 11.3 Å². The Balaban J connectivity index is 1.52. The fourth-order valence-corrected chi connectivity index (χ4v) is 7.77. The van der Waals surface area contributed by atoms with Crippen molar-refractivity contribution in [2.45, 2.75) is 59.2 Å².